The van der Waals surface area contributed by atoms with Gasteiger partial charge in [-0.15, -0.1) is 52.7 Å². The molecule has 4 heterocycles. The third-order valence-electron chi connectivity index (χ3n) is 11.2. The predicted octanol–water partition coefficient (Wildman–Crippen LogP) is 3.90. The quantitative estimate of drug-likeness (QED) is 0.173. The molecule has 4 N–H and O–H groups in total. The molecule has 4 aliphatic rings. The van der Waals surface area contributed by atoms with Crippen LogP contribution < -0.4 is 0 Å². The van der Waals surface area contributed by atoms with Crippen LogP contribution in [-0.2, 0) is 18.9 Å². The second-order valence-corrected chi connectivity index (χ2v) is 37.0. The average molecular weight is 856 g/mol. The molecule has 0 amide bonds. The van der Waals surface area contributed by atoms with Crippen LogP contribution in [0.4, 0.5) is 0 Å². The summed E-state index contributed by atoms with van der Waals surface area (Å²) in [7, 11) is 22.8. The summed E-state index contributed by atoms with van der Waals surface area (Å²) in [6, 6.07) is -1.22. The summed E-state index contributed by atoms with van der Waals surface area (Å²) in [4.78, 5) is 0. The highest BCUT2D eigenvalue weighted by Crippen LogP contribution is 2.41. The van der Waals surface area contributed by atoms with E-state index in [1.807, 2.05) is 27.7 Å². The van der Waals surface area contributed by atoms with Gasteiger partial charge >= 0.3 is 0 Å². The van der Waals surface area contributed by atoms with Gasteiger partial charge in [0.25, 0.3) is 0 Å². The smallest absolute Gasteiger partial charge is 0.109 e. The van der Waals surface area contributed by atoms with Crippen molar-refractivity contribution in [3.05, 3.63) is 0 Å². The minimum Gasteiger partial charge on any atom is -0.390 e. The molecule has 8 nitrogen and oxygen atoms in total. The van der Waals surface area contributed by atoms with Crippen LogP contribution in [0.25, 0.3) is 0 Å². The molecule has 0 bridgehead atoms. The Bertz CT molecular complexity index is 1150. The van der Waals surface area contributed by atoms with Gasteiger partial charge in [0.05, 0.1) is 48.8 Å². The zero-order chi connectivity index (χ0) is 43.7. The molecule has 320 valence electrons. The maximum atomic E-state index is 9.81. The van der Waals surface area contributed by atoms with E-state index in [0.717, 1.165) is 50.3 Å². The van der Waals surface area contributed by atoms with Crippen molar-refractivity contribution < 1.29 is 39.4 Å². The molecule has 0 saturated carbocycles. The minimum atomic E-state index is -1.02. The number of ether oxygens (including phenoxy) is 4. The van der Waals surface area contributed by atoms with E-state index in [2.05, 4.69) is 78.5 Å². The van der Waals surface area contributed by atoms with Gasteiger partial charge in [0.2, 0.25) is 0 Å². The normalized spacial score (nSPS) is 38.9. The van der Waals surface area contributed by atoms with Gasteiger partial charge in [0.1, 0.15) is 31.4 Å². The van der Waals surface area contributed by atoms with Crippen LogP contribution >= 0.6 is 27.5 Å². The zero-order valence-electron chi connectivity index (χ0n) is 37.2. The molecule has 4 fully saturated rings. The van der Waals surface area contributed by atoms with Crippen LogP contribution in [0.1, 0.15) is 53.4 Å². The Labute approximate surface area is 350 Å². The molecule has 0 aromatic carbocycles. The highest BCUT2D eigenvalue weighted by molar-refractivity contribution is 7.73. The summed E-state index contributed by atoms with van der Waals surface area (Å²) in [6.07, 6.45) is 22.3. The summed E-state index contributed by atoms with van der Waals surface area (Å²) in [5.74, 6) is 0.190. The van der Waals surface area contributed by atoms with Gasteiger partial charge in [-0.1, -0.05) is 27.7 Å². The van der Waals surface area contributed by atoms with E-state index in [0.29, 0.717) is 0 Å². The van der Waals surface area contributed by atoms with E-state index in [9.17, 15) is 20.4 Å². The summed E-state index contributed by atoms with van der Waals surface area (Å²) >= 11 is 0. The van der Waals surface area contributed by atoms with E-state index in [-0.39, 0.29) is 72.1 Å². The second-order valence-electron chi connectivity index (χ2n) is 19.7. The van der Waals surface area contributed by atoms with E-state index >= 15 is 0 Å². The Morgan fingerprint density at radius 3 is 0.607 bits per heavy atom. The van der Waals surface area contributed by atoms with Gasteiger partial charge in [-0.3, -0.25) is 0 Å². The molecule has 4 aliphatic heterocycles. The Morgan fingerprint density at radius 2 is 0.518 bits per heavy atom. The average Bonchev–Trinajstić information content (AvgIpc) is 3.66. The molecular weight excluding hydrogens is 776 g/mol. The summed E-state index contributed by atoms with van der Waals surface area (Å²) < 4.78 is 22.0. The molecule has 4 rings (SSSR count). The van der Waals surface area contributed by atoms with Gasteiger partial charge in [-0.25, -0.2) is 0 Å². The maximum absolute atomic E-state index is 9.81. The first-order chi connectivity index (χ1) is 25.2. The lowest BCUT2D eigenvalue weighted by Crippen LogP contribution is -2.26. The van der Waals surface area contributed by atoms with Crippen LogP contribution in [0.2, 0.25) is 0 Å². The van der Waals surface area contributed by atoms with Crippen molar-refractivity contribution in [2.24, 2.45) is 23.7 Å². The monoisotopic (exact) mass is 857 g/mol. The molecule has 0 aromatic heterocycles. The molecule has 0 aliphatic carbocycles. The van der Waals surface area contributed by atoms with Crippen LogP contribution in [0.5, 0.6) is 0 Å². The molecule has 8 radical (unpaired) electrons. The molecule has 16 atom stereocenters. The first kappa shape index (κ1) is 55.2. The Kier molecular flexibility index (Phi) is 23.2. The van der Waals surface area contributed by atoms with E-state index in [1.165, 1.54) is 0 Å². The molecule has 0 spiro atoms. The van der Waals surface area contributed by atoms with Gasteiger partial charge < -0.3 is 39.4 Å². The molecule has 0 aromatic rings. The van der Waals surface area contributed by atoms with E-state index in [4.69, 9.17) is 50.3 Å². The fourth-order valence-electron chi connectivity index (χ4n) is 6.62. The zero-order valence-corrected chi connectivity index (χ0v) is 40.8. The highest BCUT2D eigenvalue weighted by atomic mass is 31.2. The van der Waals surface area contributed by atoms with E-state index < -0.39 is 52.0 Å². The van der Waals surface area contributed by atoms with Crippen molar-refractivity contribution in [1.82, 2.24) is 0 Å². The minimum absolute atomic E-state index is 0.0475. The topological polar surface area (TPSA) is 118 Å². The fraction of sp³-hybridized carbons (Fsp3) is 0.900. The molecule has 56 heavy (non-hydrogen) atoms. The first-order valence-electron chi connectivity index (χ1n) is 20.3. The molecule has 4 saturated heterocycles. The number of aliphatic hydroxyl groups excluding tert-OH is 4. The Hall–Kier alpha value is 1.14. The molecule has 16 heteroatoms. The second kappa shape index (κ2) is 23.5. The highest BCUT2D eigenvalue weighted by Gasteiger charge is 2.40. The number of hydrogen-bond acceptors (Lipinski definition) is 8. The van der Waals surface area contributed by atoms with E-state index in [1.54, 1.807) is 0 Å². The molecular formula is C40H80B4O8P4. The summed E-state index contributed by atoms with van der Waals surface area (Å²) in [6.45, 7) is 21.2. The Balaban J connectivity index is 0.000000373. The van der Waals surface area contributed by atoms with Crippen LogP contribution in [0.15, 0.2) is 0 Å². The van der Waals surface area contributed by atoms with Crippen LogP contribution in [-0.4, -0.2) is 228 Å². The number of hydrogen-bond donors (Lipinski definition) is 4. The predicted molar refractivity (Wildman–Crippen MR) is 260 cm³/mol. The lowest BCUT2D eigenvalue weighted by Gasteiger charge is -2.19. The summed E-state index contributed by atoms with van der Waals surface area (Å²) in [5.41, 5.74) is 0. The number of aliphatic hydroxyl groups is 4. The number of rotatable bonds is 12. The van der Waals surface area contributed by atoms with Crippen molar-refractivity contribution in [3.8, 4) is 0 Å². The van der Waals surface area contributed by atoms with Gasteiger partial charge in [-0.05, 0) is 104 Å². The largest absolute Gasteiger partial charge is 0.390 e. The van der Waals surface area contributed by atoms with Crippen LogP contribution in [0.3, 0.4) is 0 Å². The SMILES string of the molecule is [B][C@@H]1O[C@H](CCP(=C)(C)C)[C@@H](O)[C@H]1C.[B][C@@H]1O[C@H](CCP(=C)(C)C)[C@@H](O)[C@H]1C.[B][C@@H]1O[C@H](CCP(=C)(C)C)[C@@H](O)[C@H]1C.[B][C@@H]1O[C@H](CCP(=C)(C)C)[C@@H](O)[C@H]1C. The van der Waals surface area contributed by atoms with Crippen molar-refractivity contribution in [2.75, 3.05) is 78.0 Å². The Morgan fingerprint density at radius 1 is 0.375 bits per heavy atom. The third-order valence-corrected chi connectivity index (χ3v) is 17.0. The van der Waals surface area contributed by atoms with Gasteiger partial charge in [0, 0.05) is 47.7 Å². The first-order valence-corrected chi connectivity index (χ1v) is 32.5. The van der Waals surface area contributed by atoms with Crippen LogP contribution in [0, 0.1) is 23.7 Å². The van der Waals surface area contributed by atoms with Gasteiger partial charge in [-0.2, -0.15) is 0 Å². The molecule has 0 unspecified atom stereocenters. The lowest BCUT2D eigenvalue weighted by molar-refractivity contribution is 0.0301. The standard InChI is InChI=1S/4C10H20BO2P/c4*1-7-9(12)8(13-10(7)11)5-6-14(2,3)4/h4*7-10,12H,2,5-6H2,1,3-4H3/t4*7-,8-,9+,10-/m1111/s1. The van der Waals surface area contributed by atoms with Crippen molar-refractivity contribution >= 4 is 84.1 Å². The summed E-state index contributed by atoms with van der Waals surface area (Å²) in [5, 5.41) is 39.2. The fourth-order valence-corrected chi connectivity index (χ4v) is 10.4. The van der Waals surface area contributed by atoms with Crippen molar-refractivity contribution in [1.29, 1.82) is 0 Å². The lowest BCUT2D eigenvalue weighted by atomic mass is 9.86. The van der Waals surface area contributed by atoms with Crippen molar-refractivity contribution in [3.63, 3.8) is 0 Å². The maximum Gasteiger partial charge on any atom is 0.109 e. The van der Waals surface area contributed by atoms with Gasteiger partial charge in [0.15, 0.2) is 0 Å². The van der Waals surface area contributed by atoms with Crippen molar-refractivity contribution in [2.45, 2.75) is 126 Å². The third kappa shape index (κ3) is 20.3.